The van der Waals surface area contributed by atoms with Gasteiger partial charge in [-0.05, 0) is 17.2 Å². The number of nitrogens with zero attached hydrogens (tertiary/aromatic N) is 4. The van der Waals surface area contributed by atoms with Gasteiger partial charge in [0.25, 0.3) is 5.56 Å². The average Bonchev–Trinajstić information content (AvgIpc) is 3.18. The van der Waals surface area contributed by atoms with Crippen LogP contribution in [0.15, 0.2) is 69.5 Å². The molecule has 4 rings (SSSR count). The fraction of sp³-hybridized carbons (Fsp3) is 0.190. The van der Waals surface area contributed by atoms with Crippen LogP contribution in [0.5, 0.6) is 5.88 Å². The third kappa shape index (κ3) is 3.52. The molecule has 1 aromatic carbocycles. The summed E-state index contributed by atoms with van der Waals surface area (Å²) in [5, 5.41) is 16.4. The molecule has 3 aromatic rings. The molecule has 0 bridgehead atoms. The third-order valence-electron chi connectivity index (χ3n) is 4.95. The second-order valence-corrected chi connectivity index (χ2v) is 6.95. The molecule has 1 unspecified atom stereocenters. The van der Waals surface area contributed by atoms with Crippen molar-refractivity contribution >= 4 is 11.6 Å². The van der Waals surface area contributed by atoms with Crippen molar-refractivity contribution < 1.29 is 9.90 Å². The first-order valence-electron chi connectivity index (χ1n) is 9.33. The summed E-state index contributed by atoms with van der Waals surface area (Å²) in [5.74, 6) is -0.797. The van der Waals surface area contributed by atoms with Gasteiger partial charge in [-0.15, -0.1) is 0 Å². The molecular formula is C21H19N5O4. The van der Waals surface area contributed by atoms with Crippen molar-refractivity contribution in [1.82, 2.24) is 19.5 Å². The monoisotopic (exact) mass is 405 g/mol. The van der Waals surface area contributed by atoms with Crippen LogP contribution >= 0.6 is 0 Å². The van der Waals surface area contributed by atoms with Gasteiger partial charge in [-0.25, -0.2) is 9.80 Å². The Hall–Kier alpha value is -4.01. The van der Waals surface area contributed by atoms with E-state index in [1.54, 1.807) is 30.6 Å². The van der Waals surface area contributed by atoms with Crippen molar-refractivity contribution in [3.05, 3.63) is 92.4 Å². The van der Waals surface area contributed by atoms with Gasteiger partial charge in [0.2, 0.25) is 11.8 Å². The molecule has 1 aliphatic rings. The van der Waals surface area contributed by atoms with Crippen LogP contribution in [0.25, 0.3) is 0 Å². The first-order chi connectivity index (χ1) is 14.5. The van der Waals surface area contributed by atoms with Crippen LogP contribution in [0.1, 0.15) is 36.1 Å². The van der Waals surface area contributed by atoms with Gasteiger partial charge in [0.15, 0.2) is 0 Å². The van der Waals surface area contributed by atoms with Crippen LogP contribution in [-0.2, 0) is 11.3 Å². The van der Waals surface area contributed by atoms with E-state index in [1.165, 1.54) is 11.9 Å². The molecule has 9 heteroatoms. The van der Waals surface area contributed by atoms with E-state index in [1.807, 2.05) is 24.3 Å². The lowest BCUT2D eigenvalue weighted by molar-refractivity contribution is -0.130. The maximum absolute atomic E-state index is 12.5. The van der Waals surface area contributed by atoms with Crippen molar-refractivity contribution in [1.29, 1.82) is 0 Å². The van der Waals surface area contributed by atoms with Crippen LogP contribution < -0.4 is 11.2 Å². The molecule has 3 heterocycles. The number of aromatic amines is 1. The van der Waals surface area contributed by atoms with E-state index in [4.69, 9.17) is 0 Å². The highest BCUT2D eigenvalue weighted by Gasteiger charge is 2.34. The van der Waals surface area contributed by atoms with E-state index >= 15 is 0 Å². The summed E-state index contributed by atoms with van der Waals surface area (Å²) in [6.45, 7) is 1.45. The van der Waals surface area contributed by atoms with Crippen molar-refractivity contribution in [3.63, 3.8) is 0 Å². The summed E-state index contributed by atoms with van der Waals surface area (Å²) < 4.78 is 1.07. The molecule has 1 aliphatic heterocycles. The lowest BCUT2D eigenvalue weighted by atomic mass is 10.0. The lowest BCUT2D eigenvalue weighted by Gasteiger charge is -2.19. The van der Waals surface area contributed by atoms with Gasteiger partial charge in [0.1, 0.15) is 5.56 Å². The number of H-pyrrole nitrogens is 1. The number of aromatic hydroxyl groups is 1. The highest BCUT2D eigenvalue weighted by molar-refractivity contribution is 6.04. The van der Waals surface area contributed by atoms with Gasteiger partial charge in [-0.2, -0.15) is 5.10 Å². The zero-order chi connectivity index (χ0) is 21.3. The fourth-order valence-corrected chi connectivity index (χ4v) is 3.52. The molecule has 30 heavy (non-hydrogen) atoms. The summed E-state index contributed by atoms with van der Waals surface area (Å²) in [4.78, 5) is 43.3. The van der Waals surface area contributed by atoms with Crippen LogP contribution in [0.4, 0.5) is 0 Å². The molecule has 0 fully saturated rings. The summed E-state index contributed by atoms with van der Waals surface area (Å²) in [6, 6.07) is 12.2. The predicted octanol–water partition coefficient (Wildman–Crippen LogP) is 1.38. The summed E-state index contributed by atoms with van der Waals surface area (Å²) in [7, 11) is 0. The van der Waals surface area contributed by atoms with Crippen molar-refractivity contribution in [3.8, 4) is 5.88 Å². The van der Waals surface area contributed by atoms with E-state index in [0.717, 1.165) is 15.7 Å². The van der Waals surface area contributed by atoms with Crippen molar-refractivity contribution in [2.45, 2.75) is 25.9 Å². The minimum Gasteiger partial charge on any atom is -0.494 e. The minimum atomic E-state index is -0.754. The van der Waals surface area contributed by atoms with Gasteiger partial charge in [-0.1, -0.05) is 36.4 Å². The van der Waals surface area contributed by atoms with Crippen LogP contribution in [0.2, 0.25) is 0 Å². The van der Waals surface area contributed by atoms with E-state index in [0.29, 0.717) is 0 Å². The third-order valence-corrected chi connectivity index (χ3v) is 4.95. The molecule has 2 aromatic heterocycles. The molecule has 0 saturated carbocycles. The molecule has 9 nitrogen and oxygen atoms in total. The second kappa shape index (κ2) is 7.78. The van der Waals surface area contributed by atoms with Crippen LogP contribution in [0.3, 0.4) is 0 Å². The molecule has 0 spiro atoms. The largest absolute Gasteiger partial charge is 0.494 e. The molecule has 0 aliphatic carbocycles. The molecule has 2 N–H and O–H groups in total. The Morgan fingerprint density at radius 3 is 2.63 bits per heavy atom. The molecular weight excluding hydrogens is 386 g/mol. The highest BCUT2D eigenvalue weighted by atomic mass is 16.3. The molecule has 152 valence electrons. The lowest BCUT2D eigenvalue weighted by Crippen LogP contribution is -2.34. The molecule has 1 atom stereocenters. The Morgan fingerprint density at radius 1 is 1.20 bits per heavy atom. The van der Waals surface area contributed by atoms with Gasteiger partial charge < -0.3 is 5.11 Å². The smallest absolute Gasteiger partial charge is 0.331 e. The molecule has 0 saturated heterocycles. The second-order valence-electron chi connectivity index (χ2n) is 6.95. The number of carbonyl (C=O) groups is 1. The summed E-state index contributed by atoms with van der Waals surface area (Å²) in [5.41, 5.74) is 0.148. The van der Waals surface area contributed by atoms with E-state index in [9.17, 15) is 19.5 Å². The van der Waals surface area contributed by atoms with Crippen molar-refractivity contribution in [2.24, 2.45) is 5.10 Å². The number of hydrogen-bond donors (Lipinski definition) is 2. The molecule has 1 amide bonds. The average molecular weight is 405 g/mol. The Morgan fingerprint density at radius 2 is 1.97 bits per heavy atom. The zero-order valence-electron chi connectivity index (χ0n) is 16.1. The maximum atomic E-state index is 12.5. The maximum Gasteiger partial charge on any atom is 0.331 e. The number of benzene rings is 1. The number of carbonyl (C=O) groups excluding carboxylic acids is 1. The van der Waals surface area contributed by atoms with Crippen LogP contribution in [-0.4, -0.2) is 36.3 Å². The normalized spacial score (nSPS) is 15.8. The van der Waals surface area contributed by atoms with E-state index in [2.05, 4.69) is 15.1 Å². The zero-order valence-corrected chi connectivity index (χ0v) is 16.1. The van der Waals surface area contributed by atoms with E-state index < -0.39 is 23.2 Å². The SMILES string of the molecule is CC(=O)N1N=C(c2c(O)n(Cc3ccccc3)c(=O)[nH]c2=O)CC1c1cccnc1. The van der Waals surface area contributed by atoms with Gasteiger partial charge in [0, 0.05) is 25.7 Å². The highest BCUT2D eigenvalue weighted by Crippen LogP contribution is 2.33. The number of hydrazone groups is 1. The number of rotatable bonds is 4. The van der Waals surface area contributed by atoms with Crippen molar-refractivity contribution in [2.75, 3.05) is 0 Å². The minimum absolute atomic E-state index is 0.0744. The first-order valence-corrected chi connectivity index (χ1v) is 9.33. The number of nitrogens with one attached hydrogen (secondary N) is 1. The van der Waals surface area contributed by atoms with Gasteiger partial charge in [0.05, 0.1) is 18.3 Å². The number of aromatic nitrogens is 3. The number of pyridine rings is 1. The Kier molecular flexibility index (Phi) is 5.01. The Labute approximate surface area is 171 Å². The topological polar surface area (TPSA) is 121 Å². The first kappa shape index (κ1) is 19.3. The number of hydrogen-bond acceptors (Lipinski definition) is 6. The molecule has 0 radical (unpaired) electrons. The van der Waals surface area contributed by atoms with Crippen LogP contribution in [0, 0.1) is 0 Å². The summed E-state index contributed by atoms with van der Waals surface area (Å²) >= 11 is 0. The Balaban J connectivity index is 1.77. The quantitative estimate of drug-likeness (QED) is 0.679. The standard InChI is InChI=1S/C21H19N5O4/c1-13(27)26-17(15-8-5-9-22-11-15)10-16(24-26)18-19(28)23-21(30)25(20(18)29)12-14-6-3-2-4-7-14/h2-9,11,17,29H,10,12H2,1H3,(H,23,28,30). The fourth-order valence-electron chi connectivity index (χ4n) is 3.52. The summed E-state index contributed by atoms with van der Waals surface area (Å²) in [6.07, 6.45) is 3.44. The van der Waals surface area contributed by atoms with E-state index in [-0.39, 0.29) is 30.1 Å². The predicted molar refractivity (Wildman–Crippen MR) is 109 cm³/mol. The number of amides is 1. The van der Waals surface area contributed by atoms with Gasteiger partial charge >= 0.3 is 5.69 Å². The Bertz CT molecular complexity index is 1230. The van der Waals surface area contributed by atoms with Gasteiger partial charge in [-0.3, -0.25) is 24.1 Å².